The number of rotatable bonds is 4. The Labute approximate surface area is 102 Å². The zero-order chi connectivity index (χ0) is 11.5. The summed E-state index contributed by atoms with van der Waals surface area (Å²) in [7, 11) is 0. The monoisotopic (exact) mass is 233 g/mol. The lowest BCUT2D eigenvalue weighted by Gasteiger charge is -2.20. The molecule has 0 radical (unpaired) electrons. The predicted molar refractivity (Wildman–Crippen MR) is 71.9 cm³/mol. The zero-order valence-corrected chi connectivity index (χ0v) is 10.6. The molecule has 0 saturated heterocycles. The second-order valence-corrected chi connectivity index (χ2v) is 5.49. The molecule has 2 heteroatoms. The molecule has 1 heterocycles. The molecule has 1 aromatic carbocycles. The Morgan fingerprint density at radius 3 is 3.06 bits per heavy atom. The third kappa shape index (κ3) is 2.33. The molecular weight excluding hydrogens is 214 g/mol. The van der Waals surface area contributed by atoms with E-state index in [2.05, 4.69) is 37.8 Å². The van der Waals surface area contributed by atoms with E-state index in [0.717, 1.165) is 18.6 Å². The van der Waals surface area contributed by atoms with E-state index in [9.17, 15) is 0 Å². The minimum Gasteiger partial charge on any atom is -0.327 e. The molecule has 16 heavy (non-hydrogen) atoms. The van der Waals surface area contributed by atoms with E-state index >= 15 is 0 Å². The first-order valence-electron chi connectivity index (χ1n) is 5.86. The topological polar surface area (TPSA) is 26.0 Å². The van der Waals surface area contributed by atoms with E-state index in [-0.39, 0.29) is 6.04 Å². The lowest BCUT2D eigenvalue weighted by molar-refractivity contribution is 0.564. The maximum atomic E-state index is 6.30. The van der Waals surface area contributed by atoms with Crippen LogP contribution in [0.1, 0.15) is 31.2 Å². The van der Waals surface area contributed by atoms with Crippen LogP contribution in [0.25, 0.3) is 0 Å². The van der Waals surface area contributed by atoms with Gasteiger partial charge in [0.1, 0.15) is 0 Å². The van der Waals surface area contributed by atoms with Gasteiger partial charge in [0.2, 0.25) is 0 Å². The SMILES string of the molecule is C=C(CC)CC(N)C1CSc2ccccc21. The molecule has 1 aromatic rings. The van der Waals surface area contributed by atoms with Gasteiger partial charge in [-0.2, -0.15) is 0 Å². The van der Waals surface area contributed by atoms with E-state index in [1.807, 2.05) is 11.8 Å². The summed E-state index contributed by atoms with van der Waals surface area (Å²) < 4.78 is 0. The quantitative estimate of drug-likeness (QED) is 0.805. The van der Waals surface area contributed by atoms with Crippen LogP contribution in [0.5, 0.6) is 0 Å². The molecule has 86 valence electrons. The predicted octanol–water partition coefficient (Wildman–Crippen LogP) is 3.56. The van der Waals surface area contributed by atoms with Gasteiger partial charge in [-0.3, -0.25) is 0 Å². The van der Waals surface area contributed by atoms with E-state index in [4.69, 9.17) is 5.73 Å². The van der Waals surface area contributed by atoms with Crippen molar-refractivity contribution >= 4 is 11.8 Å². The van der Waals surface area contributed by atoms with Gasteiger partial charge in [0.05, 0.1) is 0 Å². The number of hydrogen-bond donors (Lipinski definition) is 1. The van der Waals surface area contributed by atoms with Crippen LogP contribution in [-0.2, 0) is 0 Å². The molecule has 2 N–H and O–H groups in total. The fourth-order valence-electron chi connectivity index (χ4n) is 2.16. The fourth-order valence-corrected chi connectivity index (χ4v) is 3.51. The Kier molecular flexibility index (Phi) is 3.72. The summed E-state index contributed by atoms with van der Waals surface area (Å²) in [5.41, 5.74) is 9.00. The molecule has 2 rings (SSSR count). The molecule has 0 aromatic heterocycles. The van der Waals surface area contributed by atoms with Gasteiger partial charge in [0, 0.05) is 22.6 Å². The molecule has 0 bridgehead atoms. The van der Waals surface area contributed by atoms with E-state index in [1.54, 1.807) is 0 Å². The van der Waals surface area contributed by atoms with E-state index in [1.165, 1.54) is 16.0 Å². The third-order valence-electron chi connectivity index (χ3n) is 3.28. The summed E-state index contributed by atoms with van der Waals surface area (Å²) in [5.74, 6) is 1.63. The molecular formula is C14H19NS. The number of nitrogens with two attached hydrogens (primary N) is 1. The van der Waals surface area contributed by atoms with Crippen molar-refractivity contribution in [3.63, 3.8) is 0 Å². The maximum Gasteiger partial charge on any atom is 0.0154 e. The van der Waals surface area contributed by atoms with Crippen molar-refractivity contribution < 1.29 is 0 Å². The summed E-state index contributed by atoms with van der Waals surface area (Å²) in [6.07, 6.45) is 1.99. The van der Waals surface area contributed by atoms with Crippen LogP contribution in [0.15, 0.2) is 41.3 Å². The smallest absolute Gasteiger partial charge is 0.0154 e. The summed E-state index contributed by atoms with van der Waals surface area (Å²) in [5, 5.41) is 0. The fraction of sp³-hybridized carbons (Fsp3) is 0.429. The van der Waals surface area contributed by atoms with Crippen molar-refractivity contribution in [3.05, 3.63) is 42.0 Å². The summed E-state index contributed by atoms with van der Waals surface area (Å²) in [6, 6.07) is 8.85. The second kappa shape index (κ2) is 5.07. The highest BCUT2D eigenvalue weighted by Gasteiger charge is 2.27. The van der Waals surface area contributed by atoms with Gasteiger partial charge < -0.3 is 5.73 Å². The first kappa shape index (κ1) is 11.7. The molecule has 0 spiro atoms. The summed E-state index contributed by atoms with van der Waals surface area (Å²) in [4.78, 5) is 1.41. The standard InChI is InChI=1S/C14H19NS/c1-3-10(2)8-13(15)12-9-16-14-7-5-4-6-11(12)14/h4-7,12-13H,2-3,8-9,15H2,1H3. The van der Waals surface area contributed by atoms with Crippen LogP contribution in [0.3, 0.4) is 0 Å². The first-order valence-corrected chi connectivity index (χ1v) is 6.85. The number of benzene rings is 1. The van der Waals surface area contributed by atoms with Crippen LogP contribution < -0.4 is 5.73 Å². The first-order chi connectivity index (χ1) is 7.72. The van der Waals surface area contributed by atoms with Crippen molar-refractivity contribution in [3.8, 4) is 0 Å². The average Bonchev–Trinajstić information content (AvgIpc) is 2.72. The van der Waals surface area contributed by atoms with Gasteiger partial charge in [0.25, 0.3) is 0 Å². The van der Waals surface area contributed by atoms with Gasteiger partial charge in [-0.15, -0.1) is 11.8 Å². The van der Waals surface area contributed by atoms with Crippen LogP contribution in [0.2, 0.25) is 0 Å². The Balaban J connectivity index is 2.10. The summed E-state index contributed by atoms with van der Waals surface area (Å²) in [6.45, 7) is 6.20. The third-order valence-corrected chi connectivity index (χ3v) is 4.49. The Morgan fingerprint density at radius 1 is 1.56 bits per heavy atom. The Hall–Kier alpha value is -0.730. The Bertz CT molecular complexity index is 386. The van der Waals surface area contributed by atoms with E-state index in [0.29, 0.717) is 5.92 Å². The molecule has 1 aliphatic rings. The molecule has 0 saturated carbocycles. The number of fused-ring (bicyclic) bond motifs is 1. The van der Waals surface area contributed by atoms with Gasteiger partial charge >= 0.3 is 0 Å². The number of thioether (sulfide) groups is 1. The molecule has 1 nitrogen and oxygen atoms in total. The minimum atomic E-state index is 0.226. The van der Waals surface area contributed by atoms with Crippen LogP contribution in [0.4, 0.5) is 0 Å². The molecule has 0 fully saturated rings. The molecule has 0 amide bonds. The van der Waals surface area contributed by atoms with Crippen LogP contribution >= 0.6 is 11.8 Å². The van der Waals surface area contributed by atoms with Crippen LogP contribution in [0, 0.1) is 0 Å². The molecule has 2 unspecified atom stereocenters. The highest BCUT2D eigenvalue weighted by molar-refractivity contribution is 7.99. The van der Waals surface area contributed by atoms with Crippen molar-refractivity contribution in [2.24, 2.45) is 5.73 Å². The van der Waals surface area contributed by atoms with Gasteiger partial charge in [0.15, 0.2) is 0 Å². The van der Waals surface area contributed by atoms with Crippen molar-refractivity contribution in [1.29, 1.82) is 0 Å². The van der Waals surface area contributed by atoms with Gasteiger partial charge in [-0.1, -0.05) is 37.3 Å². The average molecular weight is 233 g/mol. The lowest BCUT2D eigenvalue weighted by atomic mass is 9.89. The molecule has 1 aliphatic heterocycles. The zero-order valence-electron chi connectivity index (χ0n) is 9.78. The molecule has 0 aliphatic carbocycles. The molecule has 2 atom stereocenters. The second-order valence-electron chi connectivity index (χ2n) is 4.43. The van der Waals surface area contributed by atoms with Crippen LogP contribution in [-0.4, -0.2) is 11.8 Å². The van der Waals surface area contributed by atoms with Gasteiger partial charge in [-0.05, 0) is 24.5 Å². The largest absolute Gasteiger partial charge is 0.327 e. The number of hydrogen-bond acceptors (Lipinski definition) is 2. The Morgan fingerprint density at radius 2 is 2.31 bits per heavy atom. The van der Waals surface area contributed by atoms with Crippen molar-refractivity contribution in [2.75, 3.05) is 5.75 Å². The summed E-state index contributed by atoms with van der Waals surface area (Å²) >= 11 is 1.93. The normalized spacial score (nSPS) is 20.5. The van der Waals surface area contributed by atoms with Crippen molar-refractivity contribution in [2.45, 2.75) is 36.6 Å². The highest BCUT2D eigenvalue weighted by Crippen LogP contribution is 2.41. The van der Waals surface area contributed by atoms with Gasteiger partial charge in [-0.25, -0.2) is 0 Å². The highest BCUT2D eigenvalue weighted by atomic mass is 32.2. The maximum absolute atomic E-state index is 6.30. The van der Waals surface area contributed by atoms with Crippen molar-refractivity contribution in [1.82, 2.24) is 0 Å². The van der Waals surface area contributed by atoms with E-state index < -0.39 is 0 Å². The minimum absolute atomic E-state index is 0.226. The lowest BCUT2D eigenvalue weighted by Crippen LogP contribution is -2.28.